The first-order valence-electron chi connectivity index (χ1n) is 7.82. The summed E-state index contributed by atoms with van der Waals surface area (Å²) in [6.07, 6.45) is 0. The van der Waals surface area contributed by atoms with Crippen LogP contribution in [0.15, 0.2) is 11.4 Å². The molecule has 0 bridgehead atoms. The van der Waals surface area contributed by atoms with E-state index < -0.39 is 0 Å². The number of nitrogens with zero attached hydrogens (tertiary/aromatic N) is 3. The van der Waals surface area contributed by atoms with Gasteiger partial charge in [0.2, 0.25) is 0 Å². The summed E-state index contributed by atoms with van der Waals surface area (Å²) in [6.45, 7) is 10.6. The second kappa shape index (κ2) is 8.01. The van der Waals surface area contributed by atoms with E-state index in [1.807, 2.05) is 5.38 Å². The highest BCUT2D eigenvalue weighted by atomic mass is 32.1. The molecule has 2 rings (SSSR count). The maximum Gasteiger partial charge on any atom is 0.324 e. The maximum atomic E-state index is 10.7. The van der Waals surface area contributed by atoms with Gasteiger partial charge in [-0.2, -0.15) is 0 Å². The summed E-state index contributed by atoms with van der Waals surface area (Å²) in [5.41, 5.74) is 0.998. The van der Waals surface area contributed by atoms with Crippen molar-refractivity contribution in [1.82, 2.24) is 15.1 Å². The van der Waals surface area contributed by atoms with Gasteiger partial charge in [0, 0.05) is 56.8 Å². The Hall–Kier alpha value is -1.02. The molecule has 0 aliphatic carbocycles. The Kier molecular flexibility index (Phi) is 6.31. The molecule has 1 fully saturated rings. The Balaban J connectivity index is 1.82. The lowest BCUT2D eigenvalue weighted by Gasteiger charge is -2.40. The fourth-order valence-corrected chi connectivity index (χ4v) is 3.58. The zero-order valence-electron chi connectivity index (χ0n) is 13.6. The molecule has 1 aromatic rings. The van der Waals surface area contributed by atoms with Crippen molar-refractivity contribution in [3.8, 4) is 0 Å². The summed E-state index contributed by atoms with van der Waals surface area (Å²) in [7, 11) is 2.17. The fourth-order valence-electron chi connectivity index (χ4n) is 2.86. The van der Waals surface area contributed by atoms with Gasteiger partial charge in [-0.25, -0.2) is 0 Å². The lowest BCUT2D eigenvalue weighted by Crippen LogP contribution is -2.53. The van der Waals surface area contributed by atoms with E-state index >= 15 is 0 Å². The van der Waals surface area contributed by atoms with Crippen LogP contribution in [-0.2, 0) is 6.54 Å². The molecule has 6 nitrogen and oxygen atoms in total. The average molecular weight is 326 g/mol. The van der Waals surface area contributed by atoms with Crippen LogP contribution < -0.4 is 5.32 Å². The van der Waals surface area contributed by atoms with Gasteiger partial charge in [-0.3, -0.25) is 15.0 Å². The molecule has 1 unspecified atom stereocenters. The van der Waals surface area contributed by atoms with Crippen molar-refractivity contribution in [2.45, 2.75) is 26.4 Å². The van der Waals surface area contributed by atoms with E-state index in [4.69, 9.17) is 0 Å². The molecule has 1 aromatic heterocycles. The zero-order chi connectivity index (χ0) is 16.1. The largest absolute Gasteiger partial charge is 0.324 e. The highest BCUT2D eigenvalue weighted by Gasteiger charge is 2.24. The number of nitrogens with one attached hydrogen (secondary N) is 1. The van der Waals surface area contributed by atoms with E-state index in [1.54, 1.807) is 6.07 Å². The van der Waals surface area contributed by atoms with Gasteiger partial charge in [0.1, 0.15) is 0 Å². The quantitative estimate of drug-likeness (QED) is 0.613. The van der Waals surface area contributed by atoms with E-state index in [-0.39, 0.29) is 9.92 Å². The lowest BCUT2D eigenvalue weighted by atomic mass is 10.0. The van der Waals surface area contributed by atoms with Gasteiger partial charge in [-0.1, -0.05) is 25.2 Å². The Bertz CT molecular complexity index is 484. The van der Waals surface area contributed by atoms with Crippen molar-refractivity contribution in [2.75, 3.05) is 39.8 Å². The number of thiophene rings is 1. The Morgan fingerprint density at radius 3 is 2.59 bits per heavy atom. The van der Waals surface area contributed by atoms with Crippen molar-refractivity contribution in [2.24, 2.45) is 5.92 Å². The lowest BCUT2D eigenvalue weighted by molar-refractivity contribution is -0.380. The highest BCUT2D eigenvalue weighted by molar-refractivity contribution is 7.13. The molecule has 1 aliphatic rings. The zero-order valence-corrected chi connectivity index (χ0v) is 14.4. The van der Waals surface area contributed by atoms with Gasteiger partial charge in [-0.15, -0.1) is 0 Å². The molecule has 0 radical (unpaired) electrons. The number of rotatable bonds is 7. The molecule has 0 spiro atoms. The second-order valence-electron chi connectivity index (χ2n) is 6.33. The summed E-state index contributed by atoms with van der Waals surface area (Å²) in [5, 5.41) is 16.3. The molecule has 0 saturated carbocycles. The van der Waals surface area contributed by atoms with Crippen LogP contribution in [0.4, 0.5) is 5.00 Å². The molecular formula is C15H26N4O2S. The summed E-state index contributed by atoms with van der Waals surface area (Å²) in [6, 6.07) is 2.18. The molecule has 1 aliphatic heterocycles. The van der Waals surface area contributed by atoms with Gasteiger partial charge in [0.15, 0.2) is 0 Å². The predicted molar refractivity (Wildman–Crippen MR) is 90.4 cm³/mol. The van der Waals surface area contributed by atoms with Crippen molar-refractivity contribution >= 4 is 16.3 Å². The third kappa shape index (κ3) is 4.74. The minimum Gasteiger partial charge on any atom is -0.311 e. The van der Waals surface area contributed by atoms with Crippen LogP contribution in [0.1, 0.15) is 19.4 Å². The molecule has 7 heteroatoms. The van der Waals surface area contributed by atoms with Gasteiger partial charge < -0.3 is 10.2 Å². The molecule has 124 valence electrons. The molecule has 22 heavy (non-hydrogen) atoms. The molecule has 0 aromatic carbocycles. The maximum absolute atomic E-state index is 10.7. The van der Waals surface area contributed by atoms with Crippen LogP contribution in [0.3, 0.4) is 0 Å². The smallest absolute Gasteiger partial charge is 0.311 e. The van der Waals surface area contributed by atoms with Gasteiger partial charge in [0.05, 0.1) is 4.92 Å². The first kappa shape index (κ1) is 17.3. The van der Waals surface area contributed by atoms with Crippen molar-refractivity contribution in [1.29, 1.82) is 0 Å². The molecule has 1 saturated heterocycles. The van der Waals surface area contributed by atoms with E-state index in [9.17, 15) is 10.1 Å². The number of hydrogen-bond donors (Lipinski definition) is 1. The average Bonchev–Trinajstić information content (AvgIpc) is 2.93. The van der Waals surface area contributed by atoms with Crippen LogP contribution >= 0.6 is 11.3 Å². The topological polar surface area (TPSA) is 61.7 Å². The molecule has 1 atom stereocenters. The molecule has 2 heterocycles. The Morgan fingerprint density at radius 2 is 2.05 bits per heavy atom. The molecular weight excluding hydrogens is 300 g/mol. The summed E-state index contributed by atoms with van der Waals surface area (Å²) in [5.74, 6) is 0.590. The summed E-state index contributed by atoms with van der Waals surface area (Å²) in [4.78, 5) is 15.3. The predicted octanol–water partition coefficient (Wildman–Crippen LogP) is 2.02. The van der Waals surface area contributed by atoms with Crippen LogP contribution in [0.25, 0.3) is 0 Å². The first-order valence-corrected chi connectivity index (χ1v) is 8.70. The minimum absolute atomic E-state index is 0.219. The number of likely N-dealkylation sites (N-methyl/N-ethyl adjacent to an activating group) is 1. The third-order valence-electron chi connectivity index (χ3n) is 4.28. The standard InChI is InChI=1S/C15H26N4O2S/c1-12(2)14(18-6-4-17(3)5-7-18)10-16-9-13-8-15(19(20)21)22-11-13/h8,11-12,14,16H,4-7,9-10H2,1-3H3. The van der Waals surface area contributed by atoms with E-state index in [2.05, 4.69) is 36.0 Å². The normalized spacial score (nSPS) is 18.7. The monoisotopic (exact) mass is 326 g/mol. The van der Waals surface area contributed by atoms with Crippen molar-refractivity contribution in [3.05, 3.63) is 27.1 Å². The Labute approximate surface area is 136 Å². The summed E-state index contributed by atoms with van der Waals surface area (Å²) >= 11 is 1.20. The fraction of sp³-hybridized carbons (Fsp3) is 0.733. The molecule has 0 amide bonds. The van der Waals surface area contributed by atoms with E-state index in [0.717, 1.165) is 38.3 Å². The summed E-state index contributed by atoms with van der Waals surface area (Å²) < 4.78 is 0. The van der Waals surface area contributed by atoms with Crippen LogP contribution in [-0.4, -0.2) is 60.5 Å². The van der Waals surface area contributed by atoms with Crippen molar-refractivity contribution in [3.63, 3.8) is 0 Å². The van der Waals surface area contributed by atoms with Gasteiger partial charge in [-0.05, 0) is 18.5 Å². The van der Waals surface area contributed by atoms with Crippen molar-refractivity contribution < 1.29 is 4.92 Å². The SMILES string of the molecule is CC(C)C(CNCc1csc([N+](=O)[O-])c1)N1CCN(C)CC1. The third-order valence-corrected chi connectivity index (χ3v) is 5.21. The van der Waals surface area contributed by atoms with Crippen LogP contribution in [0.2, 0.25) is 0 Å². The van der Waals surface area contributed by atoms with Crippen LogP contribution in [0, 0.1) is 16.0 Å². The first-order chi connectivity index (χ1) is 10.5. The number of hydrogen-bond acceptors (Lipinski definition) is 6. The van der Waals surface area contributed by atoms with Gasteiger partial charge in [0.25, 0.3) is 0 Å². The van der Waals surface area contributed by atoms with Crippen LogP contribution in [0.5, 0.6) is 0 Å². The van der Waals surface area contributed by atoms with E-state index in [1.165, 1.54) is 11.3 Å². The second-order valence-corrected chi connectivity index (χ2v) is 7.22. The van der Waals surface area contributed by atoms with Gasteiger partial charge >= 0.3 is 5.00 Å². The number of nitro groups is 1. The highest BCUT2D eigenvalue weighted by Crippen LogP contribution is 2.22. The molecule has 1 N–H and O–H groups in total. The minimum atomic E-state index is -0.324. The van der Waals surface area contributed by atoms with E-state index in [0.29, 0.717) is 18.5 Å². The Morgan fingerprint density at radius 1 is 1.36 bits per heavy atom. The number of piperazine rings is 1.